The van der Waals surface area contributed by atoms with Crippen LogP contribution in [0.2, 0.25) is 0 Å². The molecule has 0 aromatic heterocycles. The van der Waals surface area contributed by atoms with Crippen LogP contribution in [-0.4, -0.2) is 46.3 Å². The zero-order chi connectivity index (χ0) is 15.2. The average Bonchev–Trinajstić information content (AvgIpc) is 2.47. The predicted octanol–water partition coefficient (Wildman–Crippen LogP) is 2.25. The molecule has 1 aliphatic rings. The summed E-state index contributed by atoms with van der Waals surface area (Å²) in [7, 11) is -0.898. The predicted molar refractivity (Wildman–Crippen MR) is 87.5 cm³/mol. The number of nitrogens with one attached hydrogen (secondary N) is 1. The van der Waals surface area contributed by atoms with Crippen LogP contribution in [-0.2, 0) is 10.8 Å². The van der Waals surface area contributed by atoms with Gasteiger partial charge in [-0.1, -0.05) is 36.4 Å². The summed E-state index contributed by atoms with van der Waals surface area (Å²) >= 11 is 0. The van der Waals surface area contributed by atoms with Crippen molar-refractivity contribution >= 4 is 22.4 Å². The summed E-state index contributed by atoms with van der Waals surface area (Å²) < 4.78 is 11.2. The Kier molecular flexibility index (Phi) is 5.56. The van der Waals surface area contributed by atoms with E-state index in [1.807, 2.05) is 30.0 Å². The molecule has 0 saturated heterocycles. The van der Waals surface area contributed by atoms with Gasteiger partial charge in [-0.3, -0.25) is 4.21 Å². The summed E-state index contributed by atoms with van der Waals surface area (Å²) in [5.41, 5.74) is 2.35. The number of benzene rings is 1. The number of amides is 2. The summed E-state index contributed by atoms with van der Waals surface area (Å²) in [4.78, 5) is 14.1. The number of carbonyl (C=O) groups excluding carboxylic acids is 1. The van der Waals surface area contributed by atoms with E-state index < -0.39 is 10.8 Å². The summed E-state index contributed by atoms with van der Waals surface area (Å²) in [6.07, 6.45) is 4.72. The Labute approximate surface area is 128 Å². The van der Waals surface area contributed by atoms with Crippen molar-refractivity contribution in [3.8, 4) is 0 Å². The molecule has 2 atom stereocenters. The van der Waals surface area contributed by atoms with E-state index in [2.05, 4.69) is 23.5 Å². The second-order valence-corrected chi connectivity index (χ2v) is 6.88. The van der Waals surface area contributed by atoms with Crippen LogP contribution in [0.1, 0.15) is 18.9 Å². The summed E-state index contributed by atoms with van der Waals surface area (Å²) in [5.74, 6) is 0.487. The van der Waals surface area contributed by atoms with Crippen molar-refractivity contribution in [2.45, 2.75) is 19.4 Å². The minimum absolute atomic E-state index is 0.0746. The van der Waals surface area contributed by atoms with Gasteiger partial charge < -0.3 is 10.2 Å². The fourth-order valence-corrected chi connectivity index (χ4v) is 3.26. The van der Waals surface area contributed by atoms with Crippen LogP contribution in [0.15, 0.2) is 36.4 Å². The molecule has 4 nitrogen and oxygen atoms in total. The first-order valence-electron chi connectivity index (χ1n) is 7.16. The first kappa shape index (κ1) is 15.8. The molecule has 0 saturated carbocycles. The van der Waals surface area contributed by atoms with Crippen LogP contribution in [0.4, 0.5) is 4.79 Å². The van der Waals surface area contributed by atoms with E-state index in [4.69, 9.17) is 0 Å². The molecule has 1 N–H and O–H groups in total. The molecule has 1 aromatic rings. The van der Waals surface area contributed by atoms with Crippen LogP contribution in [0, 0.1) is 0 Å². The van der Waals surface area contributed by atoms with Gasteiger partial charge in [-0.05, 0) is 24.5 Å². The molecule has 1 aliphatic heterocycles. The van der Waals surface area contributed by atoms with Gasteiger partial charge in [0.25, 0.3) is 0 Å². The Bertz CT molecular complexity index is 542. The first-order valence-corrected chi connectivity index (χ1v) is 8.89. The molecule has 5 heteroatoms. The standard InChI is InChI=1S/C16H22N2O2S/c1-13(12-21(2)20)17-16(19)18-10-6-9-15(11-18)14-7-4-3-5-8-14/h3-5,7-9,13H,6,10-12H2,1-2H3,(H,17,19)/t13-,21+/m0/s1. The highest BCUT2D eigenvalue weighted by molar-refractivity contribution is 7.84. The van der Waals surface area contributed by atoms with Crippen molar-refractivity contribution in [1.29, 1.82) is 0 Å². The number of urea groups is 1. The Balaban J connectivity index is 1.95. The molecule has 0 bridgehead atoms. The number of carbonyl (C=O) groups is 1. The Hall–Kier alpha value is -1.62. The molecule has 0 radical (unpaired) electrons. The van der Waals surface area contributed by atoms with Crippen molar-refractivity contribution in [2.75, 3.05) is 25.1 Å². The van der Waals surface area contributed by atoms with E-state index in [0.29, 0.717) is 12.3 Å². The largest absolute Gasteiger partial charge is 0.335 e. The van der Waals surface area contributed by atoms with Crippen LogP contribution >= 0.6 is 0 Å². The van der Waals surface area contributed by atoms with Crippen molar-refractivity contribution in [1.82, 2.24) is 10.2 Å². The fourth-order valence-electron chi connectivity index (χ4n) is 2.47. The van der Waals surface area contributed by atoms with Crippen LogP contribution in [0.3, 0.4) is 0 Å². The van der Waals surface area contributed by atoms with Crippen LogP contribution in [0.25, 0.3) is 5.57 Å². The topological polar surface area (TPSA) is 49.4 Å². The van der Waals surface area contributed by atoms with Crippen molar-refractivity contribution in [2.24, 2.45) is 0 Å². The zero-order valence-electron chi connectivity index (χ0n) is 12.5. The first-order chi connectivity index (χ1) is 10.1. The Morgan fingerprint density at radius 1 is 1.38 bits per heavy atom. The van der Waals surface area contributed by atoms with Gasteiger partial charge in [0.15, 0.2) is 0 Å². The van der Waals surface area contributed by atoms with E-state index in [1.54, 1.807) is 6.26 Å². The van der Waals surface area contributed by atoms with Crippen molar-refractivity contribution in [3.05, 3.63) is 42.0 Å². The van der Waals surface area contributed by atoms with E-state index in [0.717, 1.165) is 18.5 Å². The monoisotopic (exact) mass is 306 g/mol. The summed E-state index contributed by atoms with van der Waals surface area (Å²) in [5, 5.41) is 2.92. The zero-order valence-corrected chi connectivity index (χ0v) is 13.4. The SMILES string of the molecule is C[C@@H](C[S@@](C)=O)NC(=O)N1CCC=C(c2ccccc2)C1. The molecule has 21 heavy (non-hydrogen) atoms. The van der Waals surface area contributed by atoms with Crippen molar-refractivity contribution < 1.29 is 9.00 Å². The van der Waals surface area contributed by atoms with Crippen LogP contribution < -0.4 is 5.32 Å². The third-order valence-corrected chi connectivity index (χ3v) is 4.41. The lowest BCUT2D eigenvalue weighted by Gasteiger charge is -2.29. The van der Waals surface area contributed by atoms with Gasteiger partial charge in [0.1, 0.15) is 0 Å². The smallest absolute Gasteiger partial charge is 0.317 e. The quantitative estimate of drug-likeness (QED) is 0.927. The van der Waals surface area contributed by atoms with Gasteiger partial charge in [-0.25, -0.2) is 4.79 Å². The molecule has 2 rings (SSSR count). The molecule has 114 valence electrons. The highest BCUT2D eigenvalue weighted by atomic mass is 32.2. The maximum Gasteiger partial charge on any atom is 0.317 e. The molecule has 2 amide bonds. The molecular formula is C16H22N2O2S. The molecule has 0 unspecified atom stereocenters. The molecular weight excluding hydrogens is 284 g/mol. The summed E-state index contributed by atoms with van der Waals surface area (Å²) in [6, 6.07) is 9.99. The molecule has 1 aromatic carbocycles. The third kappa shape index (κ3) is 4.70. The minimum atomic E-state index is -0.898. The van der Waals surface area contributed by atoms with Crippen LogP contribution in [0.5, 0.6) is 0 Å². The molecule has 0 spiro atoms. The third-order valence-electron chi connectivity index (χ3n) is 3.44. The lowest BCUT2D eigenvalue weighted by molar-refractivity contribution is 0.201. The fraction of sp³-hybridized carbons (Fsp3) is 0.438. The van der Waals surface area contributed by atoms with Gasteiger partial charge in [0.05, 0.1) is 0 Å². The van der Waals surface area contributed by atoms with Gasteiger partial charge >= 0.3 is 6.03 Å². The average molecular weight is 306 g/mol. The molecule has 1 heterocycles. The lowest BCUT2D eigenvalue weighted by Crippen LogP contribution is -2.47. The Morgan fingerprint density at radius 2 is 2.10 bits per heavy atom. The molecule has 0 fully saturated rings. The number of nitrogens with zero attached hydrogens (tertiary/aromatic N) is 1. The van der Waals surface area contributed by atoms with Gasteiger partial charge in [-0.2, -0.15) is 0 Å². The molecule has 0 aliphatic carbocycles. The maximum absolute atomic E-state index is 12.3. The Morgan fingerprint density at radius 3 is 2.76 bits per heavy atom. The number of rotatable bonds is 4. The normalized spacial score (nSPS) is 17.8. The van der Waals surface area contributed by atoms with E-state index in [-0.39, 0.29) is 12.1 Å². The number of hydrogen-bond acceptors (Lipinski definition) is 2. The number of hydrogen-bond donors (Lipinski definition) is 1. The summed E-state index contributed by atoms with van der Waals surface area (Å²) in [6.45, 7) is 3.24. The van der Waals surface area contributed by atoms with E-state index in [1.165, 1.54) is 5.57 Å². The lowest BCUT2D eigenvalue weighted by atomic mass is 10.0. The second-order valence-electron chi connectivity index (χ2n) is 5.40. The van der Waals surface area contributed by atoms with E-state index in [9.17, 15) is 9.00 Å². The second kappa shape index (κ2) is 7.41. The van der Waals surface area contributed by atoms with Gasteiger partial charge in [0.2, 0.25) is 0 Å². The van der Waals surface area contributed by atoms with Gasteiger partial charge in [-0.15, -0.1) is 0 Å². The highest BCUT2D eigenvalue weighted by Gasteiger charge is 2.20. The van der Waals surface area contributed by atoms with E-state index >= 15 is 0 Å². The highest BCUT2D eigenvalue weighted by Crippen LogP contribution is 2.20. The maximum atomic E-state index is 12.3. The van der Waals surface area contributed by atoms with Gasteiger partial charge in [0, 0.05) is 41.9 Å². The van der Waals surface area contributed by atoms with Crippen molar-refractivity contribution in [3.63, 3.8) is 0 Å². The minimum Gasteiger partial charge on any atom is -0.335 e.